The van der Waals surface area contributed by atoms with Gasteiger partial charge in [-0.1, -0.05) is 18.2 Å². The molecule has 0 unspecified atom stereocenters. The molecule has 0 radical (unpaired) electrons. The van der Waals surface area contributed by atoms with Gasteiger partial charge < -0.3 is 14.6 Å². The summed E-state index contributed by atoms with van der Waals surface area (Å²) in [6.45, 7) is 1.97. The van der Waals surface area contributed by atoms with E-state index in [1.54, 1.807) is 6.07 Å². The minimum absolute atomic E-state index is 0.0816. The molecule has 1 N–H and O–H groups in total. The summed E-state index contributed by atoms with van der Waals surface area (Å²) in [6, 6.07) is 9.83. The maximum absolute atomic E-state index is 13.2. The first-order valence-corrected chi connectivity index (χ1v) is 9.93. The number of halogens is 3. The van der Waals surface area contributed by atoms with Gasteiger partial charge in [0.25, 0.3) is 10.0 Å². The maximum Gasteiger partial charge on any atom is 0.416 e. The Morgan fingerprint density at radius 2 is 1.69 bits per heavy atom. The first-order valence-electron chi connectivity index (χ1n) is 8.49. The topological polar surface area (TPSA) is 76.1 Å². The van der Waals surface area contributed by atoms with Gasteiger partial charge in [0.15, 0.2) is 6.79 Å². The van der Waals surface area contributed by atoms with Crippen LogP contribution in [0.1, 0.15) is 19.4 Å². The lowest BCUT2D eigenvalue weighted by Crippen LogP contribution is -2.42. The van der Waals surface area contributed by atoms with Crippen LogP contribution in [0.3, 0.4) is 0 Å². The number of anilines is 1. The van der Waals surface area contributed by atoms with Crippen molar-refractivity contribution >= 4 is 15.7 Å². The van der Waals surface area contributed by atoms with Gasteiger partial charge in [-0.25, -0.2) is 8.42 Å². The maximum atomic E-state index is 13.2. The van der Waals surface area contributed by atoms with Gasteiger partial charge in [0.2, 0.25) is 0 Å². The van der Waals surface area contributed by atoms with E-state index in [4.69, 9.17) is 9.47 Å². The molecule has 0 spiro atoms. The molecule has 0 amide bonds. The molecule has 0 saturated heterocycles. The van der Waals surface area contributed by atoms with E-state index in [0.29, 0.717) is 6.07 Å². The fourth-order valence-corrected chi connectivity index (χ4v) is 4.16. The summed E-state index contributed by atoms with van der Waals surface area (Å²) in [5, 5.41) is 10.3. The van der Waals surface area contributed by atoms with Crippen molar-refractivity contribution in [2.45, 2.75) is 30.5 Å². The molecule has 2 aromatic carbocycles. The molecular formula is C19H22F3NO5S. The summed E-state index contributed by atoms with van der Waals surface area (Å²) in [6.07, 6.45) is -4.65. The summed E-state index contributed by atoms with van der Waals surface area (Å²) in [5.74, 6) is -0.342. The molecule has 2 aromatic rings. The Morgan fingerprint density at radius 1 is 1.07 bits per heavy atom. The summed E-state index contributed by atoms with van der Waals surface area (Å²) >= 11 is 0. The zero-order valence-electron chi connectivity index (χ0n) is 16.1. The van der Waals surface area contributed by atoms with Crippen LogP contribution in [0.2, 0.25) is 0 Å². The van der Waals surface area contributed by atoms with Crippen LogP contribution < -0.4 is 9.04 Å². The second-order valence-electron chi connectivity index (χ2n) is 6.87. The molecule has 0 aliphatic rings. The summed E-state index contributed by atoms with van der Waals surface area (Å²) < 4.78 is 76.7. The van der Waals surface area contributed by atoms with E-state index >= 15 is 0 Å². The van der Waals surface area contributed by atoms with Crippen LogP contribution in [0.4, 0.5) is 18.9 Å². The van der Waals surface area contributed by atoms with E-state index in [2.05, 4.69) is 0 Å². The quantitative estimate of drug-likeness (QED) is 0.643. The number of sulfonamides is 1. The highest BCUT2D eigenvalue weighted by Crippen LogP contribution is 2.39. The average Bonchev–Trinajstić information content (AvgIpc) is 2.63. The van der Waals surface area contributed by atoms with Gasteiger partial charge in [-0.05, 0) is 44.2 Å². The third-order valence-corrected chi connectivity index (χ3v) is 5.52. The number of ether oxygens (including phenoxy) is 2. The summed E-state index contributed by atoms with van der Waals surface area (Å²) in [5.41, 5.74) is -2.64. The molecule has 0 aliphatic heterocycles. The van der Waals surface area contributed by atoms with Gasteiger partial charge in [-0.3, -0.25) is 4.31 Å². The Balaban J connectivity index is 2.67. The van der Waals surface area contributed by atoms with Gasteiger partial charge in [-0.2, -0.15) is 13.2 Å². The van der Waals surface area contributed by atoms with Crippen LogP contribution in [0.25, 0.3) is 0 Å². The van der Waals surface area contributed by atoms with Crippen molar-refractivity contribution in [3.05, 3.63) is 54.1 Å². The molecule has 0 heterocycles. The Morgan fingerprint density at radius 3 is 2.21 bits per heavy atom. The van der Waals surface area contributed by atoms with Crippen LogP contribution in [-0.2, 0) is 20.9 Å². The van der Waals surface area contributed by atoms with Crippen molar-refractivity contribution in [1.29, 1.82) is 0 Å². The van der Waals surface area contributed by atoms with Gasteiger partial charge in [-0.15, -0.1) is 0 Å². The van der Waals surface area contributed by atoms with E-state index in [-0.39, 0.29) is 16.3 Å². The number of nitrogens with zero attached hydrogens (tertiary/aromatic N) is 1. The van der Waals surface area contributed by atoms with Crippen LogP contribution >= 0.6 is 0 Å². The smallest absolute Gasteiger partial charge is 0.416 e. The highest BCUT2D eigenvalue weighted by molar-refractivity contribution is 7.92. The number of alkyl halides is 3. The normalized spacial score (nSPS) is 12.7. The van der Waals surface area contributed by atoms with Crippen LogP contribution in [0.5, 0.6) is 5.75 Å². The molecule has 0 saturated carbocycles. The lowest BCUT2D eigenvalue weighted by molar-refractivity contribution is -0.137. The first kappa shape index (κ1) is 23.0. The summed E-state index contributed by atoms with van der Waals surface area (Å²) in [7, 11) is -2.93. The lowest BCUT2D eigenvalue weighted by atomic mass is 10.1. The Kier molecular flexibility index (Phi) is 6.82. The average molecular weight is 433 g/mol. The number of hydrogen-bond donors (Lipinski definition) is 1. The summed E-state index contributed by atoms with van der Waals surface area (Å²) in [4.78, 5) is -0.0816. The fourth-order valence-electron chi connectivity index (χ4n) is 2.51. The van der Waals surface area contributed by atoms with Gasteiger partial charge >= 0.3 is 6.18 Å². The van der Waals surface area contributed by atoms with Crippen LogP contribution in [0.15, 0.2) is 53.4 Å². The van der Waals surface area contributed by atoms with Crippen LogP contribution in [0, 0.1) is 0 Å². The zero-order chi connectivity index (χ0) is 21.9. The Bertz CT molecular complexity index is 925. The molecule has 160 valence electrons. The van der Waals surface area contributed by atoms with Crippen molar-refractivity contribution in [2.24, 2.45) is 0 Å². The predicted octanol–water partition coefficient (Wildman–Crippen LogP) is 3.65. The molecule has 0 aliphatic carbocycles. The minimum Gasteiger partial charge on any atom is -0.465 e. The lowest BCUT2D eigenvalue weighted by Gasteiger charge is -2.31. The number of hydrogen-bond acceptors (Lipinski definition) is 5. The number of methoxy groups -OCH3 is 1. The predicted molar refractivity (Wildman–Crippen MR) is 101 cm³/mol. The molecule has 2 rings (SSSR count). The van der Waals surface area contributed by atoms with Crippen molar-refractivity contribution in [2.75, 3.05) is 24.8 Å². The second kappa shape index (κ2) is 8.60. The minimum atomic E-state index is -4.65. The second-order valence-corrected chi connectivity index (χ2v) is 8.73. The van der Waals surface area contributed by atoms with Gasteiger partial charge in [0, 0.05) is 7.11 Å². The zero-order valence-corrected chi connectivity index (χ0v) is 16.9. The largest absolute Gasteiger partial charge is 0.465 e. The molecule has 0 aromatic heterocycles. The van der Waals surface area contributed by atoms with Crippen molar-refractivity contribution in [3.8, 4) is 5.75 Å². The molecule has 10 heteroatoms. The monoisotopic (exact) mass is 433 g/mol. The molecule has 29 heavy (non-hydrogen) atoms. The van der Waals surface area contributed by atoms with E-state index in [0.717, 1.165) is 16.4 Å². The van der Waals surface area contributed by atoms with Crippen molar-refractivity contribution < 1.29 is 36.2 Å². The standard InChI is InChI=1S/C19H22F3NO5S/c1-18(2,24)12-23(29(25,26)15-7-5-4-6-8-15)16-10-9-14(19(20,21)22)11-17(16)28-13-27-3/h4-11,24H,12-13H2,1-3H3. The molecule has 0 bridgehead atoms. The Labute approximate surface area is 167 Å². The van der Waals surface area contributed by atoms with E-state index in [1.807, 2.05) is 0 Å². The number of benzene rings is 2. The van der Waals surface area contributed by atoms with Crippen molar-refractivity contribution in [1.82, 2.24) is 0 Å². The van der Waals surface area contributed by atoms with E-state index < -0.39 is 40.7 Å². The highest BCUT2D eigenvalue weighted by Gasteiger charge is 2.35. The first-order chi connectivity index (χ1) is 13.4. The van der Waals surface area contributed by atoms with Gasteiger partial charge in [0.1, 0.15) is 5.75 Å². The molecule has 0 fully saturated rings. The molecule has 0 atom stereocenters. The van der Waals surface area contributed by atoms with E-state index in [1.165, 1.54) is 45.2 Å². The van der Waals surface area contributed by atoms with Crippen LogP contribution in [-0.4, -0.2) is 39.6 Å². The SMILES string of the molecule is COCOc1cc(C(F)(F)F)ccc1N(CC(C)(C)O)S(=O)(=O)c1ccccc1. The number of aliphatic hydroxyl groups is 1. The van der Waals surface area contributed by atoms with Gasteiger partial charge in [0.05, 0.1) is 28.3 Å². The van der Waals surface area contributed by atoms with E-state index in [9.17, 15) is 26.7 Å². The van der Waals surface area contributed by atoms with Crippen molar-refractivity contribution in [3.63, 3.8) is 0 Å². The number of rotatable bonds is 8. The fraction of sp³-hybridized carbons (Fsp3) is 0.368. The third-order valence-electron chi connectivity index (χ3n) is 3.75. The molecule has 6 nitrogen and oxygen atoms in total. The Hall–Kier alpha value is -2.30. The highest BCUT2D eigenvalue weighted by atomic mass is 32.2. The molecular weight excluding hydrogens is 411 g/mol. The third kappa shape index (κ3) is 5.84.